The van der Waals surface area contributed by atoms with Crippen LogP contribution in [0, 0.1) is 0 Å². The van der Waals surface area contributed by atoms with Crippen molar-refractivity contribution in [1.29, 1.82) is 0 Å². The normalized spacial score (nSPS) is 14.2. The number of pyridine rings is 1. The first-order valence-corrected chi connectivity index (χ1v) is 8.56. The molecule has 0 radical (unpaired) electrons. The third-order valence-electron chi connectivity index (χ3n) is 4.25. The molecule has 1 aliphatic heterocycles. The van der Waals surface area contributed by atoms with Crippen molar-refractivity contribution in [3.05, 3.63) is 48.5 Å². The van der Waals surface area contributed by atoms with E-state index in [0.29, 0.717) is 28.7 Å². The molecule has 132 valence electrons. The van der Waals surface area contributed by atoms with Crippen molar-refractivity contribution in [2.24, 2.45) is 0 Å². The molecule has 1 fully saturated rings. The minimum Gasteiger partial charge on any atom is -0.363 e. The number of hydrogen-bond donors (Lipinski definition) is 1. The average Bonchev–Trinajstić information content (AvgIpc) is 3.22. The first-order valence-electron chi connectivity index (χ1n) is 8.56. The van der Waals surface area contributed by atoms with Gasteiger partial charge in [0.05, 0.1) is 11.3 Å². The van der Waals surface area contributed by atoms with Crippen LogP contribution in [0.4, 0.5) is 11.8 Å². The van der Waals surface area contributed by atoms with Gasteiger partial charge in [0.15, 0.2) is 5.82 Å². The number of nitrogens with zero attached hydrogens (tertiary/aromatic N) is 5. The van der Waals surface area contributed by atoms with Gasteiger partial charge in [-0.1, -0.05) is 11.2 Å². The Morgan fingerprint density at radius 3 is 2.73 bits per heavy atom. The van der Waals surface area contributed by atoms with Crippen molar-refractivity contribution in [2.75, 3.05) is 23.3 Å². The van der Waals surface area contributed by atoms with Gasteiger partial charge in [-0.3, -0.25) is 9.78 Å². The molecule has 0 bridgehead atoms. The Labute approximate surface area is 150 Å². The summed E-state index contributed by atoms with van der Waals surface area (Å²) >= 11 is 0. The summed E-state index contributed by atoms with van der Waals surface area (Å²) in [4.78, 5) is 28.3. The highest BCUT2D eigenvalue weighted by Gasteiger charge is 2.21. The molecule has 0 spiro atoms. The molecular weight excluding hydrogens is 332 g/mol. The summed E-state index contributed by atoms with van der Waals surface area (Å²) in [6, 6.07) is 7.09. The molecule has 0 saturated carbocycles. The van der Waals surface area contributed by atoms with Crippen LogP contribution in [-0.4, -0.2) is 39.1 Å². The molecule has 0 unspecified atom stereocenters. The van der Waals surface area contributed by atoms with Gasteiger partial charge in [-0.05, 0) is 31.4 Å². The fourth-order valence-electron chi connectivity index (χ4n) is 2.94. The topological polar surface area (TPSA) is 97.0 Å². The van der Waals surface area contributed by atoms with Gasteiger partial charge in [0.25, 0.3) is 5.91 Å². The van der Waals surface area contributed by atoms with Crippen LogP contribution in [0.1, 0.15) is 29.6 Å². The van der Waals surface area contributed by atoms with Gasteiger partial charge in [0.1, 0.15) is 12.0 Å². The van der Waals surface area contributed by atoms with E-state index >= 15 is 0 Å². The smallest absolute Gasteiger partial charge is 0.260 e. The van der Waals surface area contributed by atoms with Crippen molar-refractivity contribution in [3.63, 3.8) is 0 Å². The number of hydrogen-bond acceptors (Lipinski definition) is 7. The Hall–Kier alpha value is -3.29. The van der Waals surface area contributed by atoms with E-state index in [9.17, 15) is 4.79 Å². The van der Waals surface area contributed by atoms with Crippen LogP contribution in [0.2, 0.25) is 0 Å². The number of carbonyl (C=O) groups excluding carboxylic acids is 1. The van der Waals surface area contributed by atoms with Crippen molar-refractivity contribution < 1.29 is 9.32 Å². The second-order valence-electron chi connectivity index (χ2n) is 6.03. The summed E-state index contributed by atoms with van der Waals surface area (Å²) in [5.41, 5.74) is 1.47. The van der Waals surface area contributed by atoms with Gasteiger partial charge in [0.2, 0.25) is 5.95 Å². The number of anilines is 2. The van der Waals surface area contributed by atoms with E-state index in [4.69, 9.17) is 4.52 Å². The second kappa shape index (κ2) is 7.30. The molecule has 26 heavy (non-hydrogen) atoms. The lowest BCUT2D eigenvalue weighted by molar-refractivity contribution is 0.102. The average molecular weight is 350 g/mol. The van der Waals surface area contributed by atoms with Crippen molar-refractivity contribution in [2.45, 2.75) is 19.3 Å². The molecule has 0 atom stereocenters. The molecule has 1 N–H and O–H groups in total. The SMILES string of the molecule is O=C(Nc1ccon1)c1cnc(N2CCCCC2)nc1-c1ccccn1. The second-order valence-corrected chi connectivity index (χ2v) is 6.03. The van der Waals surface area contributed by atoms with E-state index in [2.05, 4.69) is 30.3 Å². The van der Waals surface area contributed by atoms with E-state index in [-0.39, 0.29) is 5.91 Å². The number of rotatable bonds is 4. The molecule has 8 heteroatoms. The molecule has 8 nitrogen and oxygen atoms in total. The summed E-state index contributed by atoms with van der Waals surface area (Å²) in [6.07, 6.45) is 8.09. The Bertz CT molecular complexity index is 876. The minimum atomic E-state index is -0.357. The minimum absolute atomic E-state index is 0.335. The van der Waals surface area contributed by atoms with Crippen LogP contribution in [0.3, 0.4) is 0 Å². The van der Waals surface area contributed by atoms with Crippen molar-refractivity contribution in [3.8, 4) is 11.4 Å². The zero-order valence-electron chi connectivity index (χ0n) is 14.1. The summed E-state index contributed by atoms with van der Waals surface area (Å²) in [7, 11) is 0. The largest absolute Gasteiger partial charge is 0.363 e. The summed E-state index contributed by atoms with van der Waals surface area (Å²) in [5, 5.41) is 6.39. The van der Waals surface area contributed by atoms with Gasteiger partial charge in [-0.15, -0.1) is 0 Å². The van der Waals surface area contributed by atoms with Gasteiger partial charge in [0, 0.05) is 31.5 Å². The molecule has 1 amide bonds. The van der Waals surface area contributed by atoms with Crippen LogP contribution >= 0.6 is 0 Å². The maximum Gasteiger partial charge on any atom is 0.260 e. The zero-order chi connectivity index (χ0) is 17.8. The molecule has 1 saturated heterocycles. The molecule has 4 rings (SSSR count). The standard InChI is InChI=1S/C18H18N6O2/c25-17(21-15-7-11-26-23-15)13-12-20-18(24-9-4-1-5-10-24)22-16(13)14-6-2-3-8-19-14/h2-3,6-8,11-12H,1,4-5,9-10H2,(H,21,23,25). The molecule has 0 aromatic carbocycles. The highest BCUT2D eigenvalue weighted by atomic mass is 16.5. The third kappa shape index (κ3) is 3.39. The molecule has 1 aliphatic rings. The Balaban J connectivity index is 1.71. The number of amides is 1. The summed E-state index contributed by atoms with van der Waals surface area (Å²) in [5.74, 6) is 0.607. The van der Waals surface area contributed by atoms with Crippen molar-refractivity contribution in [1.82, 2.24) is 20.1 Å². The molecule has 0 aliphatic carbocycles. The van der Waals surface area contributed by atoms with E-state index in [1.165, 1.54) is 12.7 Å². The zero-order valence-corrected chi connectivity index (χ0v) is 14.1. The third-order valence-corrected chi connectivity index (χ3v) is 4.25. The fourth-order valence-corrected chi connectivity index (χ4v) is 2.94. The van der Waals surface area contributed by atoms with Crippen molar-refractivity contribution >= 4 is 17.7 Å². The van der Waals surface area contributed by atoms with Crippen LogP contribution in [0.25, 0.3) is 11.4 Å². The number of piperidine rings is 1. The molecule has 4 heterocycles. The predicted molar refractivity (Wildman–Crippen MR) is 95.8 cm³/mol. The highest BCUT2D eigenvalue weighted by Crippen LogP contribution is 2.24. The lowest BCUT2D eigenvalue weighted by Crippen LogP contribution is -2.31. The number of nitrogens with one attached hydrogen (secondary N) is 1. The van der Waals surface area contributed by atoms with Crippen LogP contribution in [0.15, 0.2) is 47.4 Å². The monoisotopic (exact) mass is 350 g/mol. The lowest BCUT2D eigenvalue weighted by atomic mass is 10.1. The Morgan fingerprint density at radius 2 is 2.00 bits per heavy atom. The number of aromatic nitrogens is 4. The van der Waals surface area contributed by atoms with Gasteiger partial charge in [-0.25, -0.2) is 9.97 Å². The highest BCUT2D eigenvalue weighted by molar-refractivity contribution is 6.07. The maximum atomic E-state index is 12.7. The molecule has 3 aromatic heterocycles. The van der Waals surface area contributed by atoms with E-state index in [1.807, 2.05) is 18.2 Å². The summed E-state index contributed by atoms with van der Waals surface area (Å²) in [6.45, 7) is 1.85. The first kappa shape index (κ1) is 16.2. The molecule has 3 aromatic rings. The van der Waals surface area contributed by atoms with E-state index in [0.717, 1.165) is 25.9 Å². The van der Waals surface area contributed by atoms with Gasteiger partial charge >= 0.3 is 0 Å². The quantitative estimate of drug-likeness (QED) is 0.772. The fraction of sp³-hybridized carbons (Fsp3) is 0.278. The van der Waals surface area contributed by atoms with Gasteiger partial charge < -0.3 is 14.7 Å². The predicted octanol–water partition coefficient (Wildman–Crippen LogP) is 2.77. The Kier molecular flexibility index (Phi) is 4.55. The van der Waals surface area contributed by atoms with Crippen LogP contribution < -0.4 is 10.2 Å². The van der Waals surface area contributed by atoms with E-state index in [1.54, 1.807) is 18.5 Å². The Morgan fingerprint density at radius 1 is 1.12 bits per heavy atom. The summed E-state index contributed by atoms with van der Waals surface area (Å²) < 4.78 is 4.75. The van der Waals surface area contributed by atoms with Gasteiger partial charge in [-0.2, -0.15) is 0 Å². The number of carbonyl (C=O) groups is 1. The first-order chi connectivity index (χ1) is 12.8. The van der Waals surface area contributed by atoms with Crippen LogP contribution in [0.5, 0.6) is 0 Å². The van der Waals surface area contributed by atoms with Crippen LogP contribution in [-0.2, 0) is 0 Å². The molecular formula is C18H18N6O2. The van der Waals surface area contributed by atoms with E-state index < -0.39 is 0 Å². The maximum absolute atomic E-state index is 12.7. The lowest BCUT2D eigenvalue weighted by Gasteiger charge is -2.27.